The number of nitrogens with zero attached hydrogens (tertiary/aromatic N) is 3. The summed E-state index contributed by atoms with van der Waals surface area (Å²) in [6, 6.07) is 2.05. The number of hydrogen-bond acceptors (Lipinski definition) is 3. The summed E-state index contributed by atoms with van der Waals surface area (Å²) in [6.45, 7) is 4.27. The lowest BCUT2D eigenvalue weighted by atomic mass is 10.3. The number of hydrogen-bond donors (Lipinski definition) is 1. The van der Waals surface area contributed by atoms with Gasteiger partial charge in [0.05, 0.1) is 12.9 Å². The predicted octanol–water partition coefficient (Wildman–Crippen LogP) is 2.48. The highest BCUT2D eigenvalue weighted by molar-refractivity contribution is 7.10. The Balaban J connectivity index is 1.68. The standard InChI is InChI=1S/C14H20N4OS/c1-12-4-9-20-13(12)10-16-14(19)17(2)6-3-7-18-8-5-15-11-18/h4-5,8-9,11H,3,6-7,10H2,1-2H3,(H,16,19). The fourth-order valence-corrected chi connectivity index (χ4v) is 2.73. The van der Waals surface area contributed by atoms with Crippen LogP contribution in [0.25, 0.3) is 0 Å². The van der Waals surface area contributed by atoms with Gasteiger partial charge >= 0.3 is 6.03 Å². The molecular weight excluding hydrogens is 272 g/mol. The van der Waals surface area contributed by atoms with Crippen LogP contribution in [-0.4, -0.2) is 34.1 Å². The van der Waals surface area contributed by atoms with Crippen LogP contribution in [0.4, 0.5) is 4.79 Å². The number of rotatable bonds is 6. The van der Waals surface area contributed by atoms with Crippen molar-refractivity contribution in [3.8, 4) is 0 Å². The molecule has 0 aliphatic rings. The SMILES string of the molecule is Cc1ccsc1CNC(=O)N(C)CCCn1ccnc1. The first kappa shape index (κ1) is 14.6. The second-order valence-electron chi connectivity index (χ2n) is 4.76. The summed E-state index contributed by atoms with van der Waals surface area (Å²) in [5.74, 6) is 0. The second kappa shape index (κ2) is 7.09. The van der Waals surface area contributed by atoms with Crippen molar-refractivity contribution in [3.05, 3.63) is 40.6 Å². The average Bonchev–Trinajstić information content (AvgIpc) is 3.07. The summed E-state index contributed by atoms with van der Waals surface area (Å²) < 4.78 is 2.01. The zero-order chi connectivity index (χ0) is 14.4. The van der Waals surface area contributed by atoms with E-state index >= 15 is 0 Å². The molecule has 0 radical (unpaired) electrons. The molecule has 0 aliphatic heterocycles. The Bertz CT molecular complexity index is 535. The highest BCUT2D eigenvalue weighted by atomic mass is 32.1. The molecule has 2 heterocycles. The zero-order valence-electron chi connectivity index (χ0n) is 11.9. The molecule has 2 aromatic rings. The maximum atomic E-state index is 11.9. The van der Waals surface area contributed by atoms with Gasteiger partial charge in [0.15, 0.2) is 0 Å². The molecule has 5 nitrogen and oxygen atoms in total. The highest BCUT2D eigenvalue weighted by Crippen LogP contribution is 2.14. The summed E-state index contributed by atoms with van der Waals surface area (Å²) in [5.41, 5.74) is 1.23. The molecule has 2 aromatic heterocycles. The van der Waals surface area contributed by atoms with Crippen LogP contribution in [0.2, 0.25) is 0 Å². The van der Waals surface area contributed by atoms with E-state index in [0.717, 1.165) is 19.5 Å². The highest BCUT2D eigenvalue weighted by Gasteiger charge is 2.08. The van der Waals surface area contributed by atoms with Gasteiger partial charge < -0.3 is 14.8 Å². The molecule has 0 atom stereocenters. The fourth-order valence-electron chi connectivity index (χ4n) is 1.89. The Labute approximate surface area is 123 Å². The van der Waals surface area contributed by atoms with Gasteiger partial charge in [0, 0.05) is 37.4 Å². The van der Waals surface area contributed by atoms with E-state index in [2.05, 4.69) is 23.3 Å². The maximum Gasteiger partial charge on any atom is 0.317 e. The number of aryl methyl sites for hydroxylation is 2. The third kappa shape index (κ3) is 4.09. The van der Waals surface area contributed by atoms with Gasteiger partial charge in [-0.2, -0.15) is 0 Å². The number of carbonyl (C=O) groups is 1. The van der Waals surface area contributed by atoms with E-state index in [4.69, 9.17) is 0 Å². The molecule has 0 fully saturated rings. The Morgan fingerprint density at radius 3 is 3.05 bits per heavy atom. The molecule has 0 spiro atoms. The van der Waals surface area contributed by atoms with Gasteiger partial charge in [-0.05, 0) is 30.4 Å². The largest absolute Gasteiger partial charge is 0.337 e. The fraction of sp³-hybridized carbons (Fsp3) is 0.429. The number of carbonyl (C=O) groups excluding carboxylic acids is 1. The van der Waals surface area contributed by atoms with Crippen molar-refractivity contribution < 1.29 is 4.79 Å². The van der Waals surface area contributed by atoms with Gasteiger partial charge in [0.2, 0.25) is 0 Å². The average molecular weight is 292 g/mol. The van der Waals surface area contributed by atoms with Crippen LogP contribution in [-0.2, 0) is 13.1 Å². The molecule has 20 heavy (non-hydrogen) atoms. The number of urea groups is 1. The van der Waals surface area contributed by atoms with E-state index in [1.54, 1.807) is 28.8 Å². The van der Waals surface area contributed by atoms with E-state index in [0.29, 0.717) is 6.54 Å². The maximum absolute atomic E-state index is 11.9. The minimum atomic E-state index is -0.0246. The van der Waals surface area contributed by atoms with E-state index in [-0.39, 0.29) is 6.03 Å². The molecule has 6 heteroatoms. The van der Waals surface area contributed by atoms with Crippen LogP contribution in [0.15, 0.2) is 30.2 Å². The van der Waals surface area contributed by atoms with E-state index in [1.165, 1.54) is 10.4 Å². The van der Waals surface area contributed by atoms with Crippen LogP contribution in [0.1, 0.15) is 16.9 Å². The quantitative estimate of drug-likeness (QED) is 0.889. The number of amides is 2. The Hall–Kier alpha value is -1.82. The lowest BCUT2D eigenvalue weighted by Gasteiger charge is -2.18. The summed E-state index contributed by atoms with van der Waals surface area (Å²) >= 11 is 1.68. The van der Waals surface area contributed by atoms with Gasteiger partial charge in [-0.15, -0.1) is 11.3 Å². The summed E-state index contributed by atoms with van der Waals surface area (Å²) in [5, 5.41) is 4.99. The van der Waals surface area contributed by atoms with Crippen LogP contribution in [0.5, 0.6) is 0 Å². The normalized spacial score (nSPS) is 10.5. The first-order valence-corrected chi connectivity index (χ1v) is 7.52. The second-order valence-corrected chi connectivity index (χ2v) is 5.76. The smallest absolute Gasteiger partial charge is 0.317 e. The van der Waals surface area contributed by atoms with E-state index in [1.807, 2.05) is 23.2 Å². The van der Waals surface area contributed by atoms with Crippen molar-refractivity contribution in [1.82, 2.24) is 19.8 Å². The van der Waals surface area contributed by atoms with Crippen molar-refractivity contribution in [1.29, 1.82) is 0 Å². The van der Waals surface area contributed by atoms with Crippen molar-refractivity contribution in [2.24, 2.45) is 0 Å². The molecule has 0 saturated heterocycles. The molecule has 108 valence electrons. The van der Waals surface area contributed by atoms with E-state index < -0.39 is 0 Å². The first-order valence-electron chi connectivity index (χ1n) is 6.64. The first-order chi connectivity index (χ1) is 9.66. The lowest BCUT2D eigenvalue weighted by Crippen LogP contribution is -2.37. The van der Waals surface area contributed by atoms with Gasteiger partial charge in [-0.3, -0.25) is 0 Å². The van der Waals surface area contributed by atoms with Crippen LogP contribution in [0.3, 0.4) is 0 Å². The van der Waals surface area contributed by atoms with Gasteiger partial charge in [0.25, 0.3) is 0 Å². The van der Waals surface area contributed by atoms with Crippen molar-refractivity contribution in [2.75, 3.05) is 13.6 Å². The van der Waals surface area contributed by atoms with Crippen molar-refractivity contribution in [3.63, 3.8) is 0 Å². The van der Waals surface area contributed by atoms with Gasteiger partial charge in [-0.25, -0.2) is 9.78 Å². The Morgan fingerprint density at radius 2 is 2.40 bits per heavy atom. The van der Waals surface area contributed by atoms with Crippen molar-refractivity contribution in [2.45, 2.75) is 26.4 Å². The third-order valence-corrected chi connectivity index (χ3v) is 4.21. The monoisotopic (exact) mass is 292 g/mol. The zero-order valence-corrected chi connectivity index (χ0v) is 12.7. The molecule has 0 aromatic carbocycles. The van der Waals surface area contributed by atoms with Crippen LogP contribution < -0.4 is 5.32 Å². The topological polar surface area (TPSA) is 50.2 Å². The number of imidazole rings is 1. The summed E-state index contributed by atoms with van der Waals surface area (Å²) in [6.07, 6.45) is 6.40. The molecule has 0 bridgehead atoms. The van der Waals surface area contributed by atoms with Crippen molar-refractivity contribution >= 4 is 17.4 Å². The molecule has 0 aliphatic carbocycles. The van der Waals surface area contributed by atoms with Crippen LogP contribution >= 0.6 is 11.3 Å². The van der Waals surface area contributed by atoms with E-state index in [9.17, 15) is 4.79 Å². The molecular formula is C14H20N4OS. The Kier molecular flexibility index (Phi) is 5.17. The minimum absolute atomic E-state index is 0.0246. The molecule has 2 amide bonds. The molecule has 0 unspecified atom stereocenters. The number of thiophene rings is 1. The number of nitrogens with one attached hydrogen (secondary N) is 1. The minimum Gasteiger partial charge on any atom is -0.337 e. The molecule has 1 N–H and O–H groups in total. The summed E-state index contributed by atoms with van der Waals surface area (Å²) in [4.78, 5) is 18.9. The Morgan fingerprint density at radius 1 is 1.55 bits per heavy atom. The van der Waals surface area contributed by atoms with Crippen LogP contribution in [0, 0.1) is 6.92 Å². The lowest BCUT2D eigenvalue weighted by molar-refractivity contribution is 0.207. The third-order valence-electron chi connectivity index (χ3n) is 3.18. The molecule has 0 saturated carbocycles. The number of aromatic nitrogens is 2. The molecule has 2 rings (SSSR count). The van der Waals surface area contributed by atoms with Gasteiger partial charge in [0.1, 0.15) is 0 Å². The summed E-state index contributed by atoms with van der Waals surface area (Å²) in [7, 11) is 1.82. The van der Waals surface area contributed by atoms with Gasteiger partial charge in [-0.1, -0.05) is 0 Å². The predicted molar refractivity (Wildman–Crippen MR) is 80.8 cm³/mol.